The molecule has 0 bridgehead atoms. The zero-order valence-corrected chi connectivity index (χ0v) is 9.56. The number of ether oxygens (including phenoxy) is 1. The average Bonchev–Trinajstić information content (AvgIpc) is 2.63. The van der Waals surface area contributed by atoms with Crippen molar-refractivity contribution in [2.75, 3.05) is 13.7 Å². The standard InChI is InChI=1S/C10H18N2OS/c1-8(3-4-11)12-6-10-5-9(13-2)7-14-10/h5,7-8,12H,3-4,6,11H2,1-2H3. The fourth-order valence-electron chi connectivity index (χ4n) is 1.19. The SMILES string of the molecule is COc1csc(CNC(C)CCN)c1. The molecule has 0 saturated heterocycles. The third kappa shape index (κ3) is 3.65. The lowest BCUT2D eigenvalue weighted by molar-refractivity contribution is 0.416. The second-order valence-corrected chi connectivity index (χ2v) is 4.31. The zero-order chi connectivity index (χ0) is 10.4. The number of methoxy groups -OCH3 is 1. The molecule has 1 rings (SSSR count). The predicted molar refractivity (Wildman–Crippen MR) is 60.8 cm³/mol. The molecule has 1 heterocycles. The molecule has 3 nitrogen and oxygen atoms in total. The molecule has 80 valence electrons. The lowest BCUT2D eigenvalue weighted by Crippen LogP contribution is -2.27. The van der Waals surface area contributed by atoms with E-state index in [1.54, 1.807) is 18.4 Å². The molecule has 0 aliphatic carbocycles. The molecule has 1 unspecified atom stereocenters. The summed E-state index contributed by atoms with van der Waals surface area (Å²) >= 11 is 1.72. The molecule has 4 heteroatoms. The fourth-order valence-corrected chi connectivity index (χ4v) is 1.97. The van der Waals surface area contributed by atoms with Gasteiger partial charge in [0.05, 0.1) is 7.11 Å². The van der Waals surface area contributed by atoms with E-state index in [9.17, 15) is 0 Å². The number of nitrogens with one attached hydrogen (secondary N) is 1. The van der Waals surface area contributed by atoms with Crippen molar-refractivity contribution in [3.8, 4) is 5.75 Å². The molecule has 0 aromatic carbocycles. The summed E-state index contributed by atoms with van der Waals surface area (Å²) in [5.41, 5.74) is 5.47. The smallest absolute Gasteiger partial charge is 0.129 e. The van der Waals surface area contributed by atoms with Crippen molar-refractivity contribution in [1.82, 2.24) is 5.32 Å². The Morgan fingerprint density at radius 1 is 1.64 bits per heavy atom. The highest BCUT2D eigenvalue weighted by Crippen LogP contribution is 2.20. The molecule has 0 fully saturated rings. The second-order valence-electron chi connectivity index (χ2n) is 3.31. The van der Waals surface area contributed by atoms with Crippen LogP contribution in [0.15, 0.2) is 11.4 Å². The molecule has 0 saturated carbocycles. The average molecular weight is 214 g/mol. The molecule has 1 aromatic rings. The van der Waals surface area contributed by atoms with Crippen molar-refractivity contribution in [1.29, 1.82) is 0 Å². The van der Waals surface area contributed by atoms with Crippen molar-refractivity contribution in [2.24, 2.45) is 5.73 Å². The van der Waals surface area contributed by atoms with Crippen LogP contribution < -0.4 is 15.8 Å². The molecule has 0 radical (unpaired) electrons. The molecular weight excluding hydrogens is 196 g/mol. The van der Waals surface area contributed by atoms with E-state index in [4.69, 9.17) is 10.5 Å². The number of thiophene rings is 1. The highest BCUT2D eigenvalue weighted by Gasteiger charge is 2.02. The first-order valence-electron chi connectivity index (χ1n) is 4.81. The van der Waals surface area contributed by atoms with E-state index >= 15 is 0 Å². The van der Waals surface area contributed by atoms with Crippen LogP contribution in [-0.2, 0) is 6.54 Å². The number of hydrogen-bond acceptors (Lipinski definition) is 4. The van der Waals surface area contributed by atoms with E-state index in [1.165, 1.54) is 4.88 Å². The van der Waals surface area contributed by atoms with Crippen LogP contribution in [0, 0.1) is 0 Å². The van der Waals surface area contributed by atoms with Crippen molar-refractivity contribution in [3.63, 3.8) is 0 Å². The molecule has 0 aliphatic rings. The summed E-state index contributed by atoms with van der Waals surface area (Å²) in [5, 5.41) is 5.43. The molecule has 1 aromatic heterocycles. The van der Waals surface area contributed by atoms with E-state index in [2.05, 4.69) is 18.3 Å². The van der Waals surface area contributed by atoms with Crippen LogP contribution in [0.4, 0.5) is 0 Å². The maximum absolute atomic E-state index is 5.47. The van der Waals surface area contributed by atoms with Gasteiger partial charge in [-0.25, -0.2) is 0 Å². The Labute approximate surface area is 89.3 Å². The number of nitrogens with two attached hydrogens (primary N) is 1. The molecule has 0 amide bonds. The van der Waals surface area contributed by atoms with E-state index in [-0.39, 0.29) is 0 Å². The molecule has 3 N–H and O–H groups in total. The summed E-state index contributed by atoms with van der Waals surface area (Å²) in [4.78, 5) is 1.30. The Morgan fingerprint density at radius 2 is 2.43 bits per heavy atom. The lowest BCUT2D eigenvalue weighted by Gasteiger charge is -2.10. The lowest BCUT2D eigenvalue weighted by atomic mass is 10.2. The second kappa shape index (κ2) is 6.01. The first-order chi connectivity index (χ1) is 6.76. The topological polar surface area (TPSA) is 47.3 Å². The highest BCUT2D eigenvalue weighted by molar-refractivity contribution is 7.10. The Morgan fingerprint density at radius 3 is 3.00 bits per heavy atom. The van der Waals surface area contributed by atoms with Gasteiger partial charge in [-0.2, -0.15) is 0 Å². The van der Waals surface area contributed by atoms with Crippen LogP contribution in [0.5, 0.6) is 5.75 Å². The van der Waals surface area contributed by atoms with Crippen molar-refractivity contribution in [3.05, 3.63) is 16.3 Å². The maximum Gasteiger partial charge on any atom is 0.129 e. The molecule has 14 heavy (non-hydrogen) atoms. The summed E-state index contributed by atoms with van der Waals surface area (Å²) in [6.07, 6.45) is 1.02. The van der Waals surface area contributed by atoms with E-state index in [1.807, 2.05) is 5.38 Å². The van der Waals surface area contributed by atoms with Crippen molar-refractivity contribution >= 4 is 11.3 Å². The Balaban J connectivity index is 2.30. The summed E-state index contributed by atoms with van der Waals surface area (Å²) in [6.45, 7) is 3.79. The summed E-state index contributed by atoms with van der Waals surface area (Å²) < 4.78 is 5.11. The summed E-state index contributed by atoms with van der Waals surface area (Å²) in [5.74, 6) is 0.943. The minimum atomic E-state index is 0.480. The van der Waals surface area contributed by atoms with Gasteiger partial charge in [0.2, 0.25) is 0 Å². The van der Waals surface area contributed by atoms with Crippen LogP contribution >= 0.6 is 11.3 Å². The predicted octanol–water partition coefficient (Wildman–Crippen LogP) is 1.58. The van der Waals surface area contributed by atoms with Gasteiger partial charge in [-0.05, 0) is 26.0 Å². The monoisotopic (exact) mass is 214 g/mol. The first kappa shape index (κ1) is 11.5. The van der Waals surface area contributed by atoms with Gasteiger partial charge < -0.3 is 15.8 Å². The van der Waals surface area contributed by atoms with Gasteiger partial charge in [0.1, 0.15) is 5.75 Å². The highest BCUT2D eigenvalue weighted by atomic mass is 32.1. The summed E-state index contributed by atoms with van der Waals surface area (Å²) in [6, 6.07) is 2.54. The first-order valence-corrected chi connectivity index (χ1v) is 5.69. The largest absolute Gasteiger partial charge is 0.496 e. The van der Waals surface area contributed by atoms with Gasteiger partial charge in [0, 0.05) is 22.8 Å². The zero-order valence-electron chi connectivity index (χ0n) is 8.75. The van der Waals surface area contributed by atoms with Crippen LogP contribution in [0.25, 0.3) is 0 Å². The fraction of sp³-hybridized carbons (Fsp3) is 0.600. The van der Waals surface area contributed by atoms with Crippen LogP contribution in [0.3, 0.4) is 0 Å². The van der Waals surface area contributed by atoms with Crippen LogP contribution in [-0.4, -0.2) is 19.7 Å². The van der Waals surface area contributed by atoms with E-state index in [0.717, 1.165) is 25.3 Å². The molecule has 0 aliphatic heterocycles. The number of rotatable bonds is 6. The van der Waals surface area contributed by atoms with Crippen molar-refractivity contribution < 1.29 is 4.74 Å². The van der Waals surface area contributed by atoms with Gasteiger partial charge in [-0.1, -0.05) is 0 Å². The Bertz CT molecular complexity index is 262. The van der Waals surface area contributed by atoms with Crippen molar-refractivity contribution in [2.45, 2.75) is 25.9 Å². The molecule has 0 spiro atoms. The Hall–Kier alpha value is -0.580. The Kier molecular flexibility index (Phi) is 4.93. The third-order valence-electron chi connectivity index (χ3n) is 2.09. The van der Waals surface area contributed by atoms with Gasteiger partial charge >= 0.3 is 0 Å². The van der Waals surface area contributed by atoms with E-state index in [0.29, 0.717) is 6.04 Å². The third-order valence-corrected chi connectivity index (χ3v) is 3.00. The van der Waals surface area contributed by atoms with E-state index < -0.39 is 0 Å². The minimum absolute atomic E-state index is 0.480. The van der Waals surface area contributed by atoms with Gasteiger partial charge in [-0.15, -0.1) is 11.3 Å². The summed E-state index contributed by atoms with van der Waals surface area (Å²) in [7, 11) is 1.69. The van der Waals surface area contributed by atoms with Gasteiger partial charge in [0.25, 0.3) is 0 Å². The quantitative estimate of drug-likeness (QED) is 0.756. The van der Waals surface area contributed by atoms with Gasteiger partial charge in [-0.3, -0.25) is 0 Å². The minimum Gasteiger partial charge on any atom is -0.496 e. The van der Waals surface area contributed by atoms with Crippen LogP contribution in [0.1, 0.15) is 18.2 Å². The van der Waals surface area contributed by atoms with Gasteiger partial charge in [0.15, 0.2) is 0 Å². The normalized spacial score (nSPS) is 12.8. The molecule has 1 atom stereocenters. The molecular formula is C10H18N2OS. The number of hydrogen-bond donors (Lipinski definition) is 2. The maximum atomic E-state index is 5.47. The van der Waals surface area contributed by atoms with Crippen LogP contribution in [0.2, 0.25) is 0 Å².